The summed E-state index contributed by atoms with van der Waals surface area (Å²) in [7, 11) is 0. The first-order chi connectivity index (χ1) is 13.0. The zero-order chi connectivity index (χ0) is 19.4. The van der Waals surface area contributed by atoms with Crippen molar-refractivity contribution >= 4 is 51.1 Å². The number of fused-ring (bicyclic) bond motifs is 1. The second kappa shape index (κ2) is 8.30. The van der Waals surface area contributed by atoms with Crippen molar-refractivity contribution in [2.45, 2.75) is 13.5 Å². The van der Waals surface area contributed by atoms with E-state index in [-0.39, 0.29) is 24.7 Å². The summed E-state index contributed by atoms with van der Waals surface area (Å²) in [6, 6.07) is 13.9. The van der Waals surface area contributed by atoms with Crippen molar-refractivity contribution in [1.29, 1.82) is 0 Å². The summed E-state index contributed by atoms with van der Waals surface area (Å²) in [6.07, 6.45) is 0. The molecule has 0 unspecified atom stereocenters. The van der Waals surface area contributed by atoms with Crippen LogP contribution in [0.4, 0.5) is 5.69 Å². The molecule has 0 aliphatic heterocycles. The molecule has 1 aromatic heterocycles. The summed E-state index contributed by atoms with van der Waals surface area (Å²) in [5.41, 5.74) is 1.13. The number of rotatable bonds is 5. The quantitative estimate of drug-likeness (QED) is 0.334. The monoisotopic (exact) mass is 477 g/mol. The van der Waals surface area contributed by atoms with Gasteiger partial charge in [-0.3, -0.25) is 14.2 Å². The summed E-state index contributed by atoms with van der Waals surface area (Å²) in [6.45, 7) is 1.79. The van der Waals surface area contributed by atoms with Crippen LogP contribution in [0.3, 0.4) is 0 Å². The number of carbonyl (C=O) groups is 2. The third-order valence-corrected chi connectivity index (χ3v) is 4.56. The van der Waals surface area contributed by atoms with E-state index < -0.39 is 11.9 Å². The lowest BCUT2D eigenvalue weighted by atomic mass is 10.2. The molecule has 0 saturated heterocycles. The molecular formula is C19H16IN3O4. The molecule has 1 heterocycles. The fraction of sp³-hybridized carbons (Fsp3) is 0.158. The highest BCUT2D eigenvalue weighted by Crippen LogP contribution is 2.38. The Labute approximate surface area is 168 Å². The molecule has 0 saturated carbocycles. The number of benzene rings is 2. The molecule has 1 N–H and O–H groups in total. The van der Waals surface area contributed by atoms with E-state index in [1.807, 2.05) is 0 Å². The van der Waals surface area contributed by atoms with Gasteiger partial charge in [0.1, 0.15) is 6.54 Å². The van der Waals surface area contributed by atoms with E-state index >= 15 is 0 Å². The Kier molecular flexibility index (Phi) is 5.84. The van der Waals surface area contributed by atoms with Crippen LogP contribution in [-0.2, 0) is 16.1 Å². The number of nitrogens with zero attached hydrogens (tertiary/aromatic N) is 3. The fourth-order valence-corrected chi connectivity index (χ4v) is 2.97. The Balaban J connectivity index is 1.96. The van der Waals surface area contributed by atoms with E-state index in [0.717, 1.165) is 3.57 Å². The minimum atomic E-state index is -0.520. The Hall–Kier alpha value is -2.75. The number of para-hydroxylation sites is 1. The number of halogens is 1. The van der Waals surface area contributed by atoms with Gasteiger partial charge in [0.2, 0.25) is 5.88 Å². The normalized spacial score (nSPS) is 11.2. The molecule has 1 amide bonds. The number of azo groups is 1. The van der Waals surface area contributed by atoms with Gasteiger partial charge >= 0.3 is 5.97 Å². The molecule has 0 aliphatic carbocycles. The van der Waals surface area contributed by atoms with Gasteiger partial charge in [0.15, 0.2) is 5.69 Å². The summed E-state index contributed by atoms with van der Waals surface area (Å²) in [4.78, 5) is 24.1. The Morgan fingerprint density at radius 1 is 1.15 bits per heavy atom. The Bertz CT molecular complexity index is 1030. The van der Waals surface area contributed by atoms with Gasteiger partial charge in [0.05, 0.1) is 12.1 Å². The van der Waals surface area contributed by atoms with Crippen LogP contribution >= 0.6 is 22.6 Å². The van der Waals surface area contributed by atoms with E-state index in [2.05, 4.69) is 32.8 Å². The molecule has 0 bridgehead atoms. The first kappa shape index (κ1) is 19.0. The highest BCUT2D eigenvalue weighted by atomic mass is 127. The zero-order valence-corrected chi connectivity index (χ0v) is 16.6. The maximum atomic E-state index is 12.2. The van der Waals surface area contributed by atoms with Gasteiger partial charge in [0.25, 0.3) is 5.91 Å². The van der Waals surface area contributed by atoms with Gasteiger partial charge in [-0.15, -0.1) is 10.2 Å². The van der Waals surface area contributed by atoms with Crippen molar-refractivity contribution in [3.05, 3.63) is 57.7 Å². The maximum Gasteiger partial charge on any atom is 0.326 e. The van der Waals surface area contributed by atoms with E-state index in [9.17, 15) is 14.7 Å². The van der Waals surface area contributed by atoms with Gasteiger partial charge in [0, 0.05) is 14.5 Å². The highest BCUT2D eigenvalue weighted by Gasteiger charge is 2.19. The topological polar surface area (TPSA) is 93.2 Å². The van der Waals surface area contributed by atoms with Crippen molar-refractivity contribution in [3.63, 3.8) is 0 Å². The van der Waals surface area contributed by atoms with E-state index in [0.29, 0.717) is 16.5 Å². The smallest absolute Gasteiger partial charge is 0.326 e. The van der Waals surface area contributed by atoms with Crippen LogP contribution in [0.2, 0.25) is 0 Å². The number of carbonyl (C=O) groups excluding carboxylic acids is 2. The molecule has 3 aromatic rings. The third kappa shape index (κ3) is 4.16. The average Bonchev–Trinajstić information content (AvgIpc) is 2.92. The van der Waals surface area contributed by atoms with Crippen molar-refractivity contribution in [3.8, 4) is 5.88 Å². The van der Waals surface area contributed by atoms with Crippen LogP contribution in [0.1, 0.15) is 17.3 Å². The first-order valence-electron chi connectivity index (χ1n) is 8.18. The van der Waals surface area contributed by atoms with E-state index in [4.69, 9.17) is 4.74 Å². The minimum Gasteiger partial charge on any atom is -0.493 e. The second-order valence-electron chi connectivity index (χ2n) is 5.59. The first-order valence-corrected chi connectivity index (χ1v) is 9.26. The van der Waals surface area contributed by atoms with Crippen LogP contribution in [0, 0.1) is 3.57 Å². The summed E-state index contributed by atoms with van der Waals surface area (Å²) < 4.78 is 7.33. The third-order valence-electron chi connectivity index (χ3n) is 3.84. The Morgan fingerprint density at radius 3 is 2.56 bits per heavy atom. The van der Waals surface area contributed by atoms with Crippen molar-refractivity contribution in [2.75, 3.05) is 6.61 Å². The number of hydrogen-bond acceptors (Lipinski definition) is 5. The molecule has 0 aliphatic rings. The van der Waals surface area contributed by atoms with Crippen molar-refractivity contribution < 1.29 is 19.4 Å². The van der Waals surface area contributed by atoms with Gasteiger partial charge < -0.3 is 9.84 Å². The molecule has 3 rings (SSSR count). The van der Waals surface area contributed by atoms with Gasteiger partial charge in [-0.05, 0) is 59.8 Å². The summed E-state index contributed by atoms with van der Waals surface area (Å²) in [5.74, 6) is -1.25. The molecule has 2 aromatic carbocycles. The van der Waals surface area contributed by atoms with Crippen LogP contribution < -0.4 is 0 Å². The maximum absolute atomic E-state index is 12.2. The number of hydrogen-bond donors (Lipinski definition) is 1. The molecule has 27 heavy (non-hydrogen) atoms. The van der Waals surface area contributed by atoms with Crippen LogP contribution in [0.15, 0.2) is 58.8 Å². The second-order valence-corrected chi connectivity index (χ2v) is 6.84. The van der Waals surface area contributed by atoms with Crippen LogP contribution in [-0.4, -0.2) is 28.2 Å². The molecule has 0 spiro atoms. The predicted octanol–water partition coefficient (Wildman–Crippen LogP) is 4.44. The molecule has 0 radical (unpaired) electrons. The molecule has 7 nitrogen and oxygen atoms in total. The molecule has 0 atom stereocenters. The number of amides is 1. The number of esters is 1. The minimum absolute atomic E-state index is 0.133. The molecule has 8 heteroatoms. The van der Waals surface area contributed by atoms with Crippen molar-refractivity contribution in [2.24, 2.45) is 10.2 Å². The lowest BCUT2D eigenvalue weighted by molar-refractivity contribution is -0.143. The van der Waals surface area contributed by atoms with E-state index in [1.165, 1.54) is 4.57 Å². The number of ether oxygens (including phenoxy) is 1. The fourth-order valence-electron chi connectivity index (χ4n) is 2.61. The molecule has 138 valence electrons. The van der Waals surface area contributed by atoms with Gasteiger partial charge in [-0.2, -0.15) is 0 Å². The molecular weight excluding hydrogens is 461 g/mol. The largest absolute Gasteiger partial charge is 0.493 e. The lowest BCUT2D eigenvalue weighted by Crippen LogP contribution is -2.12. The zero-order valence-electron chi connectivity index (χ0n) is 14.4. The van der Waals surface area contributed by atoms with E-state index in [1.54, 1.807) is 55.5 Å². The average molecular weight is 477 g/mol. The van der Waals surface area contributed by atoms with Gasteiger partial charge in [-0.1, -0.05) is 18.2 Å². The van der Waals surface area contributed by atoms with Crippen molar-refractivity contribution in [1.82, 2.24) is 4.57 Å². The lowest BCUT2D eigenvalue weighted by Gasteiger charge is -2.06. The van der Waals surface area contributed by atoms with Gasteiger partial charge in [-0.25, -0.2) is 0 Å². The van der Waals surface area contributed by atoms with Crippen LogP contribution in [0.25, 0.3) is 10.9 Å². The summed E-state index contributed by atoms with van der Waals surface area (Å²) in [5, 5.41) is 18.8. The molecule has 0 fully saturated rings. The van der Waals surface area contributed by atoms with Crippen LogP contribution in [0.5, 0.6) is 5.88 Å². The standard InChI is InChI=1S/C19H16IN3O4/c1-2-27-16(24)11-23-15-6-4-3-5-14(15)17(19(23)26)21-22-18(25)12-7-9-13(20)10-8-12/h3-10,26H,2,11H2,1H3. The number of aromatic hydroxyl groups is 1. The highest BCUT2D eigenvalue weighted by molar-refractivity contribution is 14.1. The number of aromatic nitrogens is 1. The predicted molar refractivity (Wildman–Crippen MR) is 108 cm³/mol. The SMILES string of the molecule is CCOC(=O)Cn1c(O)c(N=NC(=O)c2ccc(I)cc2)c2ccccc21. The summed E-state index contributed by atoms with van der Waals surface area (Å²) >= 11 is 2.14. The Morgan fingerprint density at radius 2 is 1.85 bits per heavy atom.